The maximum atomic E-state index is 11.9. The summed E-state index contributed by atoms with van der Waals surface area (Å²) in [6.45, 7) is 3.15. The summed E-state index contributed by atoms with van der Waals surface area (Å²) in [6, 6.07) is 0. The molecule has 0 unspecified atom stereocenters. The highest BCUT2D eigenvalue weighted by atomic mass is 28.2. The number of halogens is 6. The Morgan fingerprint density at radius 3 is 1.73 bits per heavy atom. The van der Waals surface area contributed by atoms with Crippen LogP contribution >= 0.6 is 0 Å². The molecule has 0 N–H and O–H groups in total. The summed E-state index contributed by atoms with van der Waals surface area (Å²) < 4.78 is 75.3. The van der Waals surface area contributed by atoms with Crippen LogP contribution in [0.1, 0.15) is 13.8 Å². The molecule has 0 aromatic heterocycles. The van der Waals surface area contributed by atoms with E-state index in [1.807, 2.05) is 0 Å². The third-order valence-electron chi connectivity index (χ3n) is 1.35. The van der Waals surface area contributed by atoms with Gasteiger partial charge < -0.3 is 4.43 Å². The second-order valence-electron chi connectivity index (χ2n) is 3.08. The van der Waals surface area contributed by atoms with Crippen LogP contribution in [0.25, 0.3) is 0 Å². The Labute approximate surface area is 85.0 Å². The molecular weight excluding hydrogens is 242 g/mol. The molecule has 0 bridgehead atoms. The molecule has 90 valence electrons. The normalized spacial score (nSPS) is 13.9. The number of alkyl halides is 6. The van der Waals surface area contributed by atoms with Gasteiger partial charge in [-0.15, -0.1) is 0 Å². The molecule has 0 saturated heterocycles. The van der Waals surface area contributed by atoms with E-state index in [1.54, 1.807) is 13.8 Å². The van der Waals surface area contributed by atoms with E-state index in [9.17, 15) is 26.3 Å². The van der Waals surface area contributed by atoms with Gasteiger partial charge >= 0.3 is 12.4 Å². The molecular formula is C7H10F6OSi. The topological polar surface area (TPSA) is 9.23 Å². The number of rotatable bonds is 3. The van der Waals surface area contributed by atoms with Crippen LogP contribution in [0, 0.1) is 0 Å². The van der Waals surface area contributed by atoms with Crippen LogP contribution in [-0.2, 0) is 4.43 Å². The minimum absolute atomic E-state index is 0.643. The van der Waals surface area contributed by atoms with E-state index in [0.29, 0.717) is 5.57 Å². The Kier molecular flexibility index (Phi) is 4.85. The van der Waals surface area contributed by atoms with E-state index in [1.165, 1.54) is 5.70 Å². The molecule has 0 heterocycles. The first-order chi connectivity index (χ1) is 6.55. The van der Waals surface area contributed by atoms with Gasteiger partial charge in [-0.05, 0) is 13.8 Å². The van der Waals surface area contributed by atoms with Gasteiger partial charge in [-0.3, -0.25) is 0 Å². The molecule has 0 atom stereocenters. The molecule has 15 heavy (non-hydrogen) atoms. The molecule has 0 fully saturated rings. The molecule has 0 aromatic rings. The maximum Gasteiger partial charge on any atom is 0.422 e. The fraction of sp³-hybridized carbons (Fsp3) is 0.714. The van der Waals surface area contributed by atoms with Gasteiger partial charge in [-0.2, -0.15) is 26.3 Å². The lowest BCUT2D eigenvalue weighted by molar-refractivity contribution is -0.300. The Morgan fingerprint density at radius 2 is 1.47 bits per heavy atom. The second-order valence-corrected chi connectivity index (χ2v) is 4.15. The minimum atomic E-state index is -5.40. The van der Waals surface area contributed by atoms with Crippen LogP contribution < -0.4 is 0 Å². The fourth-order valence-corrected chi connectivity index (χ4v) is 1.69. The first-order valence-electron chi connectivity index (χ1n) is 3.93. The molecule has 0 rings (SSSR count). The molecule has 0 aliphatic carbocycles. The minimum Gasteiger partial charge on any atom is -0.401 e. The van der Waals surface area contributed by atoms with E-state index < -0.39 is 28.2 Å². The third-order valence-corrected chi connectivity index (χ3v) is 2.86. The van der Waals surface area contributed by atoms with Crippen molar-refractivity contribution in [2.45, 2.75) is 32.3 Å². The van der Waals surface area contributed by atoms with Crippen molar-refractivity contribution in [1.82, 2.24) is 0 Å². The van der Waals surface area contributed by atoms with E-state index in [-0.39, 0.29) is 0 Å². The second kappa shape index (κ2) is 5.02. The molecule has 8 heteroatoms. The molecule has 0 radical (unpaired) electrons. The Morgan fingerprint density at radius 1 is 1.07 bits per heavy atom. The fourth-order valence-electron chi connectivity index (χ4n) is 0.686. The largest absolute Gasteiger partial charge is 0.422 e. The van der Waals surface area contributed by atoms with Gasteiger partial charge in [-0.1, -0.05) is 11.3 Å². The van der Waals surface area contributed by atoms with Crippen molar-refractivity contribution in [3.05, 3.63) is 11.3 Å². The lowest BCUT2D eigenvalue weighted by Crippen LogP contribution is -2.44. The number of hydrogen-bond donors (Lipinski definition) is 0. The molecule has 0 saturated carbocycles. The van der Waals surface area contributed by atoms with Crippen molar-refractivity contribution in [2.75, 3.05) is 0 Å². The van der Waals surface area contributed by atoms with Crippen molar-refractivity contribution in [2.24, 2.45) is 0 Å². The van der Waals surface area contributed by atoms with Crippen molar-refractivity contribution >= 4 is 9.76 Å². The van der Waals surface area contributed by atoms with Crippen molar-refractivity contribution < 1.29 is 30.8 Å². The van der Waals surface area contributed by atoms with E-state index in [4.69, 9.17) is 0 Å². The van der Waals surface area contributed by atoms with Gasteiger partial charge in [0.05, 0.1) is 0 Å². The Hall–Kier alpha value is -0.503. The van der Waals surface area contributed by atoms with Gasteiger partial charge in [0.2, 0.25) is 6.10 Å². The van der Waals surface area contributed by atoms with Crippen LogP contribution in [0.3, 0.4) is 0 Å². The Balaban J connectivity index is 4.49. The van der Waals surface area contributed by atoms with Gasteiger partial charge in [-0.25, -0.2) is 0 Å². The summed E-state index contributed by atoms with van der Waals surface area (Å²) in [6.07, 6.45) is -14.5. The lowest BCUT2D eigenvalue weighted by Gasteiger charge is -2.22. The summed E-state index contributed by atoms with van der Waals surface area (Å²) in [5.74, 6) is 0. The zero-order valence-corrected chi connectivity index (χ0v) is 9.45. The van der Waals surface area contributed by atoms with Crippen LogP contribution in [0.4, 0.5) is 26.3 Å². The smallest absolute Gasteiger partial charge is 0.401 e. The highest BCUT2D eigenvalue weighted by Gasteiger charge is 2.57. The molecule has 0 aromatic carbocycles. The van der Waals surface area contributed by atoms with Gasteiger partial charge in [0.1, 0.15) is 0 Å². The number of hydrogen-bond acceptors (Lipinski definition) is 1. The lowest BCUT2D eigenvalue weighted by atomic mass is 10.3. The van der Waals surface area contributed by atoms with Crippen LogP contribution in [0.5, 0.6) is 0 Å². The molecule has 0 amide bonds. The van der Waals surface area contributed by atoms with Gasteiger partial charge in [0.15, 0.2) is 9.76 Å². The van der Waals surface area contributed by atoms with E-state index >= 15 is 0 Å². The molecule has 0 aliphatic heterocycles. The summed E-state index contributed by atoms with van der Waals surface area (Å²) in [5.41, 5.74) is 1.93. The summed E-state index contributed by atoms with van der Waals surface area (Å²) in [5, 5.41) is 0. The van der Waals surface area contributed by atoms with Crippen molar-refractivity contribution in [1.29, 1.82) is 0 Å². The molecule has 0 spiro atoms. The summed E-state index contributed by atoms with van der Waals surface area (Å²) >= 11 is 0. The van der Waals surface area contributed by atoms with Crippen LogP contribution in [-0.4, -0.2) is 28.2 Å². The standard InChI is InChI=1S/C7H10F6OSi/c1-4(2)3-15-14-5(6(8,9)10)7(11,12)13/h3,5H,15H2,1-2H3. The maximum absolute atomic E-state index is 11.9. The average Bonchev–Trinajstić information content (AvgIpc) is 1.92. The summed E-state index contributed by atoms with van der Waals surface area (Å²) in [4.78, 5) is 0. The predicted octanol–water partition coefficient (Wildman–Crippen LogP) is 2.50. The highest BCUT2D eigenvalue weighted by molar-refractivity contribution is 6.34. The van der Waals surface area contributed by atoms with Gasteiger partial charge in [0, 0.05) is 0 Å². The molecule has 0 aliphatic rings. The summed E-state index contributed by atoms with van der Waals surface area (Å²) in [7, 11) is -1.95. The zero-order valence-electron chi connectivity index (χ0n) is 8.04. The Bertz CT molecular complexity index is 213. The number of allylic oxidation sites excluding steroid dienone is 1. The van der Waals surface area contributed by atoms with E-state index in [2.05, 4.69) is 4.43 Å². The average molecular weight is 252 g/mol. The van der Waals surface area contributed by atoms with Crippen molar-refractivity contribution in [3.63, 3.8) is 0 Å². The van der Waals surface area contributed by atoms with Crippen LogP contribution in [0.15, 0.2) is 11.3 Å². The first-order valence-corrected chi connectivity index (χ1v) is 5.33. The highest BCUT2D eigenvalue weighted by Crippen LogP contribution is 2.35. The monoisotopic (exact) mass is 252 g/mol. The quantitative estimate of drug-likeness (QED) is 0.554. The predicted molar refractivity (Wildman–Crippen MR) is 45.0 cm³/mol. The first kappa shape index (κ1) is 14.5. The van der Waals surface area contributed by atoms with Crippen LogP contribution in [0.2, 0.25) is 0 Å². The SMILES string of the molecule is CC(C)=C[SiH2]OC(C(F)(F)F)C(F)(F)F. The third kappa shape index (κ3) is 5.83. The van der Waals surface area contributed by atoms with Gasteiger partial charge in [0.25, 0.3) is 0 Å². The molecule has 1 nitrogen and oxygen atoms in total. The van der Waals surface area contributed by atoms with E-state index in [0.717, 1.165) is 0 Å². The van der Waals surface area contributed by atoms with Crippen molar-refractivity contribution in [3.8, 4) is 0 Å². The zero-order chi connectivity index (χ0) is 12.3.